The van der Waals surface area contributed by atoms with Crippen LogP contribution in [0.15, 0.2) is 35.7 Å². The van der Waals surface area contributed by atoms with Crippen molar-refractivity contribution in [2.45, 2.75) is 41.5 Å². The zero-order valence-corrected chi connectivity index (χ0v) is 19.3. The summed E-state index contributed by atoms with van der Waals surface area (Å²) in [5.41, 5.74) is 3.48. The van der Waals surface area contributed by atoms with Crippen LogP contribution in [0.1, 0.15) is 54.1 Å². The molecule has 2 rings (SSSR count). The molecule has 7 heteroatoms. The Balaban J connectivity index is 2.82. The number of carbonyl (C=O) groups excluding carboxylic acids is 2. The zero-order chi connectivity index (χ0) is 23.6. The van der Waals surface area contributed by atoms with Gasteiger partial charge < -0.3 is 10.2 Å². The predicted octanol–water partition coefficient (Wildman–Crippen LogP) is 5.05. The minimum absolute atomic E-state index is 0.255. The van der Waals surface area contributed by atoms with Gasteiger partial charge in [-0.2, -0.15) is 0 Å². The minimum Gasteiger partial charge on any atom is -0.478 e. The van der Waals surface area contributed by atoms with Crippen LogP contribution in [0.5, 0.6) is 0 Å². The maximum absolute atomic E-state index is 13.6. The van der Waals surface area contributed by atoms with Crippen molar-refractivity contribution in [2.75, 3.05) is 0 Å². The third-order valence-electron chi connectivity index (χ3n) is 4.91. The van der Waals surface area contributed by atoms with E-state index in [9.17, 15) is 29.4 Å². The standard InChI is InChI=1S/C24H25O6P/c1-12-7-14(3)20(15(4)8-12)23(29)31(18(22(27)28)11-19(25)26)24(30)21-16(5)9-13(2)10-17(21)6/h7-11H,1-6H3,(H,25,26)(H,27,28). The van der Waals surface area contributed by atoms with Gasteiger partial charge in [0.25, 0.3) is 0 Å². The number of hydrogen-bond acceptors (Lipinski definition) is 4. The molecule has 0 fully saturated rings. The fraction of sp³-hybridized carbons (Fsp3) is 0.250. The Morgan fingerprint density at radius 3 is 1.26 bits per heavy atom. The van der Waals surface area contributed by atoms with Gasteiger partial charge in [0.15, 0.2) is 11.0 Å². The monoisotopic (exact) mass is 440 g/mol. The van der Waals surface area contributed by atoms with Crippen molar-refractivity contribution in [1.29, 1.82) is 0 Å². The van der Waals surface area contributed by atoms with Gasteiger partial charge in [0.2, 0.25) is 0 Å². The zero-order valence-electron chi connectivity index (χ0n) is 18.4. The highest BCUT2D eigenvalue weighted by Gasteiger charge is 2.38. The highest BCUT2D eigenvalue weighted by atomic mass is 31.1. The van der Waals surface area contributed by atoms with E-state index in [0.717, 1.165) is 11.1 Å². The average Bonchev–Trinajstić information content (AvgIpc) is 2.58. The Morgan fingerprint density at radius 2 is 1.00 bits per heavy atom. The van der Waals surface area contributed by atoms with Crippen molar-refractivity contribution in [3.05, 3.63) is 80.2 Å². The molecular weight excluding hydrogens is 415 g/mol. The van der Waals surface area contributed by atoms with E-state index in [1.165, 1.54) is 0 Å². The number of aliphatic carboxylic acids is 2. The molecule has 0 amide bonds. The number of hydrogen-bond donors (Lipinski definition) is 2. The molecule has 2 aromatic carbocycles. The summed E-state index contributed by atoms with van der Waals surface area (Å²) in [6.45, 7) is 10.6. The largest absolute Gasteiger partial charge is 0.478 e. The quantitative estimate of drug-likeness (QED) is 0.461. The first kappa shape index (κ1) is 24.2. The summed E-state index contributed by atoms with van der Waals surface area (Å²) >= 11 is 0. The summed E-state index contributed by atoms with van der Waals surface area (Å²) < 4.78 is 0. The molecule has 2 aromatic rings. The molecule has 162 valence electrons. The number of aryl methyl sites for hydroxylation is 6. The number of carboxylic acids is 2. The molecule has 2 N–H and O–H groups in total. The van der Waals surface area contributed by atoms with Crippen molar-refractivity contribution < 1.29 is 29.4 Å². The van der Waals surface area contributed by atoms with E-state index in [1.807, 2.05) is 13.8 Å². The molecule has 0 aliphatic heterocycles. The van der Waals surface area contributed by atoms with Gasteiger partial charge in [-0.25, -0.2) is 9.59 Å². The van der Waals surface area contributed by atoms with Crippen LogP contribution in [-0.2, 0) is 9.59 Å². The lowest BCUT2D eigenvalue weighted by atomic mass is 10.0. The van der Waals surface area contributed by atoms with Crippen molar-refractivity contribution in [3.8, 4) is 0 Å². The highest BCUT2D eigenvalue weighted by Crippen LogP contribution is 2.52. The van der Waals surface area contributed by atoms with E-state index in [0.29, 0.717) is 28.3 Å². The van der Waals surface area contributed by atoms with Crippen LogP contribution < -0.4 is 0 Å². The van der Waals surface area contributed by atoms with Gasteiger partial charge >= 0.3 is 11.9 Å². The number of carboxylic acid groups (broad SMARTS) is 2. The highest BCUT2D eigenvalue weighted by molar-refractivity contribution is 7.94. The van der Waals surface area contributed by atoms with Crippen LogP contribution in [-0.4, -0.2) is 33.2 Å². The molecule has 6 nitrogen and oxygen atoms in total. The van der Waals surface area contributed by atoms with Crippen LogP contribution in [0.2, 0.25) is 0 Å². The van der Waals surface area contributed by atoms with E-state index in [1.54, 1.807) is 52.0 Å². The van der Waals surface area contributed by atoms with E-state index in [2.05, 4.69) is 0 Å². The van der Waals surface area contributed by atoms with Gasteiger partial charge in [-0.3, -0.25) is 9.59 Å². The molecule has 0 radical (unpaired) electrons. The van der Waals surface area contributed by atoms with Crippen LogP contribution >= 0.6 is 7.92 Å². The van der Waals surface area contributed by atoms with Crippen LogP contribution in [0.4, 0.5) is 0 Å². The summed E-state index contributed by atoms with van der Waals surface area (Å²) in [4.78, 5) is 50.6. The lowest BCUT2D eigenvalue weighted by Crippen LogP contribution is -2.17. The van der Waals surface area contributed by atoms with E-state index >= 15 is 0 Å². The molecule has 0 bridgehead atoms. The Bertz CT molecular complexity index is 1030. The summed E-state index contributed by atoms with van der Waals surface area (Å²) in [6.07, 6.45) is 0.460. The SMILES string of the molecule is Cc1cc(C)c(C(=O)P(C(=O)c2c(C)cc(C)cc2C)C(=CC(=O)O)C(=O)O)c(C)c1. The molecule has 0 heterocycles. The first-order valence-corrected chi connectivity index (χ1v) is 10.9. The van der Waals surface area contributed by atoms with Crippen LogP contribution in [0.25, 0.3) is 0 Å². The second kappa shape index (κ2) is 9.36. The Morgan fingerprint density at radius 1 is 0.677 bits per heavy atom. The molecular formula is C24H25O6P. The molecule has 0 unspecified atom stereocenters. The number of rotatable bonds is 7. The molecule has 0 spiro atoms. The Kier molecular flexibility index (Phi) is 7.29. The Labute approximate surface area is 182 Å². The maximum atomic E-state index is 13.6. The van der Waals surface area contributed by atoms with Crippen molar-refractivity contribution in [1.82, 2.24) is 0 Å². The molecule has 31 heavy (non-hydrogen) atoms. The van der Waals surface area contributed by atoms with Gasteiger partial charge in [0, 0.05) is 17.2 Å². The van der Waals surface area contributed by atoms with E-state index in [4.69, 9.17) is 0 Å². The summed E-state index contributed by atoms with van der Waals surface area (Å²) in [5, 5.41) is 18.3. The van der Waals surface area contributed by atoms with Crippen molar-refractivity contribution in [2.24, 2.45) is 0 Å². The van der Waals surface area contributed by atoms with Gasteiger partial charge in [-0.15, -0.1) is 0 Å². The first-order valence-electron chi connectivity index (χ1n) is 9.57. The lowest BCUT2D eigenvalue weighted by molar-refractivity contribution is -0.134. The molecule has 0 atom stereocenters. The van der Waals surface area contributed by atoms with Gasteiger partial charge in [-0.1, -0.05) is 35.4 Å². The smallest absolute Gasteiger partial charge is 0.337 e. The maximum Gasteiger partial charge on any atom is 0.337 e. The van der Waals surface area contributed by atoms with Gasteiger partial charge in [0.05, 0.1) is 13.2 Å². The van der Waals surface area contributed by atoms with Crippen LogP contribution in [0, 0.1) is 41.5 Å². The topological polar surface area (TPSA) is 109 Å². The molecule has 0 saturated carbocycles. The van der Waals surface area contributed by atoms with E-state index < -0.39 is 36.2 Å². The third-order valence-corrected chi connectivity index (χ3v) is 6.97. The normalized spacial score (nSPS) is 11.5. The lowest BCUT2D eigenvalue weighted by Gasteiger charge is -2.21. The van der Waals surface area contributed by atoms with E-state index in [-0.39, 0.29) is 11.1 Å². The fourth-order valence-corrected chi connectivity index (χ4v) is 6.11. The summed E-state index contributed by atoms with van der Waals surface area (Å²) in [5.74, 6) is -3.12. The number of benzene rings is 2. The molecule has 0 aliphatic carbocycles. The minimum atomic E-state index is -2.65. The molecule has 0 aliphatic rings. The first-order chi connectivity index (χ1) is 14.3. The summed E-state index contributed by atoms with van der Waals surface area (Å²) in [7, 11) is -2.65. The third kappa shape index (κ3) is 5.15. The van der Waals surface area contributed by atoms with Crippen molar-refractivity contribution in [3.63, 3.8) is 0 Å². The molecule has 0 saturated heterocycles. The van der Waals surface area contributed by atoms with Crippen molar-refractivity contribution >= 4 is 30.9 Å². The average molecular weight is 440 g/mol. The van der Waals surface area contributed by atoms with Crippen LogP contribution in [0.3, 0.4) is 0 Å². The summed E-state index contributed by atoms with van der Waals surface area (Å²) in [6, 6.07) is 7.12. The van der Waals surface area contributed by atoms with Gasteiger partial charge in [-0.05, 0) is 63.8 Å². The Hall–Kier alpha value is -3.11. The predicted molar refractivity (Wildman–Crippen MR) is 120 cm³/mol. The number of carbonyl (C=O) groups is 4. The second-order valence-electron chi connectivity index (χ2n) is 7.67. The molecule has 0 aromatic heterocycles. The van der Waals surface area contributed by atoms with Gasteiger partial charge in [0.1, 0.15) is 0 Å². The second-order valence-corrected chi connectivity index (χ2v) is 9.63. The fourth-order valence-electron chi connectivity index (χ4n) is 3.91.